The molecule has 0 amide bonds. The molecule has 0 fully saturated rings. The molecular weight excluding hydrogens is 605 g/mol. The number of rotatable bonds is 7. The van der Waals surface area contributed by atoms with Crippen LogP contribution < -0.4 is 4.90 Å². The molecule has 0 unspecified atom stereocenters. The van der Waals surface area contributed by atoms with E-state index in [2.05, 4.69) is 216 Å². The summed E-state index contributed by atoms with van der Waals surface area (Å²) in [6.45, 7) is 0. The first kappa shape index (κ1) is 29.5. The summed E-state index contributed by atoms with van der Waals surface area (Å²) in [5, 5.41) is 2.51. The number of anilines is 3. The Bertz CT molecular complexity index is 2510. The van der Waals surface area contributed by atoms with Crippen LogP contribution in [0.3, 0.4) is 0 Å². The first-order chi connectivity index (χ1) is 24.8. The fourth-order valence-corrected chi connectivity index (χ4v) is 7.14. The van der Waals surface area contributed by atoms with Crippen molar-refractivity contribution in [3.8, 4) is 39.1 Å². The third-order valence-corrected chi connectivity index (χ3v) is 9.57. The van der Waals surface area contributed by atoms with Crippen LogP contribution in [0.5, 0.6) is 0 Å². The molecule has 0 aliphatic carbocycles. The van der Waals surface area contributed by atoms with Gasteiger partial charge in [-0.15, -0.1) is 0 Å². The Morgan fingerprint density at radius 2 is 0.660 bits per heavy atom. The molecule has 0 aliphatic rings. The maximum absolute atomic E-state index is 2.41. The van der Waals surface area contributed by atoms with Crippen LogP contribution in [0, 0.1) is 0 Å². The Balaban J connectivity index is 1.10. The zero-order chi connectivity index (χ0) is 33.3. The molecule has 0 aliphatic heterocycles. The lowest BCUT2D eigenvalue weighted by atomic mass is 9.98. The minimum atomic E-state index is 1.12. The van der Waals surface area contributed by atoms with E-state index in [0.717, 1.165) is 22.7 Å². The van der Waals surface area contributed by atoms with Crippen molar-refractivity contribution in [3.63, 3.8) is 0 Å². The van der Waals surface area contributed by atoms with Crippen molar-refractivity contribution in [2.24, 2.45) is 0 Å². The van der Waals surface area contributed by atoms with Crippen LogP contribution in [-0.2, 0) is 0 Å². The van der Waals surface area contributed by atoms with E-state index in [-0.39, 0.29) is 0 Å². The van der Waals surface area contributed by atoms with Gasteiger partial charge in [0.05, 0.1) is 11.0 Å². The highest BCUT2D eigenvalue weighted by atomic mass is 15.1. The van der Waals surface area contributed by atoms with E-state index in [1.165, 1.54) is 55.2 Å². The number of hydrogen-bond donors (Lipinski definition) is 0. The Kier molecular flexibility index (Phi) is 7.53. The Labute approximate surface area is 292 Å². The van der Waals surface area contributed by atoms with E-state index in [1.54, 1.807) is 0 Å². The zero-order valence-corrected chi connectivity index (χ0v) is 27.5. The lowest BCUT2D eigenvalue weighted by molar-refractivity contribution is 1.18. The van der Waals surface area contributed by atoms with Gasteiger partial charge in [-0.05, 0) is 94.0 Å². The third kappa shape index (κ3) is 5.43. The van der Waals surface area contributed by atoms with Crippen LogP contribution in [0.2, 0.25) is 0 Å². The van der Waals surface area contributed by atoms with Gasteiger partial charge in [0.15, 0.2) is 0 Å². The van der Waals surface area contributed by atoms with Crippen molar-refractivity contribution in [2.45, 2.75) is 0 Å². The van der Waals surface area contributed by atoms with Crippen molar-refractivity contribution < 1.29 is 0 Å². The largest absolute Gasteiger partial charge is 0.310 e. The lowest BCUT2D eigenvalue weighted by Crippen LogP contribution is -2.09. The number of fused-ring (bicyclic) bond motifs is 3. The quantitative estimate of drug-likeness (QED) is 0.169. The van der Waals surface area contributed by atoms with Crippen LogP contribution in [0.4, 0.5) is 17.1 Å². The van der Waals surface area contributed by atoms with Gasteiger partial charge in [-0.1, -0.05) is 146 Å². The number of benzene rings is 8. The molecule has 0 atom stereocenters. The summed E-state index contributed by atoms with van der Waals surface area (Å²) in [6.07, 6.45) is 0. The van der Waals surface area contributed by atoms with E-state index in [4.69, 9.17) is 0 Å². The van der Waals surface area contributed by atoms with Gasteiger partial charge in [-0.25, -0.2) is 0 Å². The van der Waals surface area contributed by atoms with Gasteiger partial charge in [-0.3, -0.25) is 0 Å². The van der Waals surface area contributed by atoms with Crippen molar-refractivity contribution >= 4 is 38.9 Å². The normalized spacial score (nSPS) is 11.2. The standard InChI is InChI=1S/C48H34N2/c1-5-14-35(15-6-1)39-28-30-45-46-31-29-40(34-48(46)50(47(45)33-39)43-21-11-4-12-22-43)37-26-24-36(25-27-37)38-16-13-23-44(32-38)49(41-17-7-2-8-18-41)42-19-9-3-10-20-42/h1-34H. The first-order valence-corrected chi connectivity index (χ1v) is 17.1. The van der Waals surface area contributed by atoms with Crippen LogP contribution in [0.1, 0.15) is 0 Å². The van der Waals surface area contributed by atoms with Gasteiger partial charge in [0.2, 0.25) is 0 Å². The highest BCUT2D eigenvalue weighted by Crippen LogP contribution is 2.39. The van der Waals surface area contributed by atoms with Gasteiger partial charge >= 0.3 is 0 Å². The molecule has 50 heavy (non-hydrogen) atoms. The second kappa shape index (κ2) is 12.8. The summed E-state index contributed by atoms with van der Waals surface area (Å²) in [5.41, 5.74) is 14.1. The van der Waals surface area contributed by atoms with Gasteiger partial charge in [0.1, 0.15) is 0 Å². The molecule has 8 aromatic carbocycles. The molecule has 1 heterocycles. The molecular formula is C48H34N2. The summed E-state index contributed by atoms with van der Waals surface area (Å²) in [4.78, 5) is 2.31. The summed E-state index contributed by atoms with van der Waals surface area (Å²) >= 11 is 0. The van der Waals surface area contributed by atoms with E-state index in [0.29, 0.717) is 0 Å². The van der Waals surface area contributed by atoms with Crippen molar-refractivity contribution in [2.75, 3.05) is 4.90 Å². The summed E-state index contributed by atoms with van der Waals surface area (Å²) in [5.74, 6) is 0. The van der Waals surface area contributed by atoms with E-state index < -0.39 is 0 Å². The van der Waals surface area contributed by atoms with Gasteiger partial charge in [0, 0.05) is 33.5 Å². The molecule has 236 valence electrons. The van der Waals surface area contributed by atoms with Crippen molar-refractivity contribution in [1.29, 1.82) is 0 Å². The number of aromatic nitrogens is 1. The first-order valence-electron chi connectivity index (χ1n) is 17.1. The van der Waals surface area contributed by atoms with Crippen LogP contribution in [0.25, 0.3) is 60.9 Å². The average molecular weight is 639 g/mol. The number of para-hydroxylation sites is 3. The van der Waals surface area contributed by atoms with Gasteiger partial charge in [-0.2, -0.15) is 0 Å². The van der Waals surface area contributed by atoms with Gasteiger partial charge in [0.25, 0.3) is 0 Å². The second-order valence-corrected chi connectivity index (χ2v) is 12.6. The topological polar surface area (TPSA) is 8.17 Å². The predicted octanol–water partition coefficient (Wildman–Crippen LogP) is 13.3. The fourth-order valence-electron chi connectivity index (χ4n) is 7.14. The SMILES string of the molecule is c1ccc(-c2ccc3c4ccc(-c5ccc(-c6cccc(N(c7ccccc7)c7ccccc7)c6)cc5)cc4n(-c4ccccc4)c3c2)cc1. The van der Waals surface area contributed by atoms with Crippen molar-refractivity contribution in [3.05, 3.63) is 206 Å². The molecule has 9 aromatic rings. The summed E-state index contributed by atoms with van der Waals surface area (Å²) < 4.78 is 2.41. The maximum atomic E-state index is 2.41. The fraction of sp³-hybridized carbons (Fsp3) is 0. The smallest absolute Gasteiger partial charge is 0.0547 e. The second-order valence-electron chi connectivity index (χ2n) is 12.6. The summed E-state index contributed by atoms with van der Waals surface area (Å²) in [7, 11) is 0. The molecule has 1 aromatic heterocycles. The van der Waals surface area contributed by atoms with E-state index in [9.17, 15) is 0 Å². The number of nitrogens with zero attached hydrogens (tertiary/aromatic N) is 2. The summed E-state index contributed by atoms with van der Waals surface area (Å²) in [6, 6.07) is 74.0. The molecule has 2 nitrogen and oxygen atoms in total. The highest BCUT2D eigenvalue weighted by Gasteiger charge is 2.16. The van der Waals surface area contributed by atoms with Gasteiger partial charge < -0.3 is 9.47 Å². The maximum Gasteiger partial charge on any atom is 0.0547 e. The molecule has 2 heteroatoms. The Morgan fingerprint density at radius 3 is 1.18 bits per heavy atom. The molecule has 0 bridgehead atoms. The zero-order valence-electron chi connectivity index (χ0n) is 27.5. The predicted molar refractivity (Wildman–Crippen MR) is 212 cm³/mol. The monoisotopic (exact) mass is 638 g/mol. The highest BCUT2D eigenvalue weighted by molar-refractivity contribution is 6.11. The molecule has 0 saturated carbocycles. The molecule has 0 N–H and O–H groups in total. The van der Waals surface area contributed by atoms with E-state index in [1.807, 2.05) is 0 Å². The molecule has 0 spiro atoms. The van der Waals surface area contributed by atoms with Crippen LogP contribution >= 0.6 is 0 Å². The third-order valence-electron chi connectivity index (χ3n) is 9.57. The Hall–Kier alpha value is -6.64. The van der Waals surface area contributed by atoms with Crippen LogP contribution in [-0.4, -0.2) is 4.57 Å². The average Bonchev–Trinajstić information content (AvgIpc) is 3.53. The van der Waals surface area contributed by atoms with Crippen molar-refractivity contribution in [1.82, 2.24) is 4.57 Å². The molecule has 0 saturated heterocycles. The minimum absolute atomic E-state index is 1.12. The lowest BCUT2D eigenvalue weighted by Gasteiger charge is -2.25. The minimum Gasteiger partial charge on any atom is -0.310 e. The Morgan fingerprint density at radius 1 is 0.280 bits per heavy atom. The van der Waals surface area contributed by atoms with E-state index >= 15 is 0 Å². The molecule has 9 rings (SSSR count). The molecule has 0 radical (unpaired) electrons. The van der Waals surface area contributed by atoms with Crippen LogP contribution in [0.15, 0.2) is 206 Å². The number of hydrogen-bond acceptors (Lipinski definition) is 1.